The summed E-state index contributed by atoms with van der Waals surface area (Å²) in [6.45, 7) is 6.27. The first kappa shape index (κ1) is 27.0. The van der Waals surface area contributed by atoms with Crippen molar-refractivity contribution in [2.45, 2.75) is 26.8 Å². The third-order valence-corrected chi connectivity index (χ3v) is 7.68. The fraction of sp³-hybridized carbons (Fsp3) is 0.250. The Morgan fingerprint density at radius 3 is 2.38 bits per heavy atom. The first-order chi connectivity index (χ1) is 18.7. The van der Waals surface area contributed by atoms with Crippen molar-refractivity contribution in [2.24, 2.45) is 5.41 Å². The van der Waals surface area contributed by atoms with E-state index in [2.05, 4.69) is 38.1 Å². The third kappa shape index (κ3) is 6.21. The summed E-state index contributed by atoms with van der Waals surface area (Å²) >= 11 is 12.4. The van der Waals surface area contributed by atoms with Gasteiger partial charge in [-0.3, -0.25) is 9.48 Å². The van der Waals surface area contributed by atoms with Crippen molar-refractivity contribution in [1.82, 2.24) is 14.7 Å². The van der Waals surface area contributed by atoms with Crippen molar-refractivity contribution >= 4 is 35.2 Å². The topological polar surface area (TPSA) is 47.4 Å². The molecule has 0 N–H and O–H groups in total. The number of carbonyl (C=O) groups is 1. The highest BCUT2D eigenvalue weighted by Gasteiger charge is 2.34. The van der Waals surface area contributed by atoms with Crippen LogP contribution >= 0.6 is 23.2 Å². The van der Waals surface area contributed by atoms with Crippen molar-refractivity contribution in [3.63, 3.8) is 0 Å². The quantitative estimate of drug-likeness (QED) is 0.241. The maximum atomic E-state index is 13.2. The molecule has 4 aromatic rings. The molecule has 0 spiro atoms. The number of halogens is 2. The zero-order valence-electron chi connectivity index (χ0n) is 22.3. The average molecular weight is 561 g/mol. The van der Waals surface area contributed by atoms with Crippen LogP contribution in [0.1, 0.15) is 41.9 Å². The number of aromatic nitrogens is 2. The van der Waals surface area contributed by atoms with Gasteiger partial charge in [0.25, 0.3) is 5.91 Å². The van der Waals surface area contributed by atoms with Gasteiger partial charge in [-0.2, -0.15) is 5.10 Å². The summed E-state index contributed by atoms with van der Waals surface area (Å²) in [4.78, 5) is 15.1. The summed E-state index contributed by atoms with van der Waals surface area (Å²) in [7, 11) is 1.67. The third-order valence-electron chi connectivity index (χ3n) is 7.21. The van der Waals surface area contributed by atoms with E-state index in [-0.39, 0.29) is 11.3 Å². The van der Waals surface area contributed by atoms with Crippen molar-refractivity contribution in [3.8, 4) is 17.0 Å². The first-order valence-electron chi connectivity index (χ1n) is 12.9. The molecule has 1 fully saturated rings. The van der Waals surface area contributed by atoms with Gasteiger partial charge in [-0.1, -0.05) is 73.0 Å². The molecule has 0 aliphatic carbocycles. The van der Waals surface area contributed by atoms with E-state index < -0.39 is 0 Å². The Kier molecular flexibility index (Phi) is 7.83. The predicted octanol–water partition coefficient (Wildman–Crippen LogP) is 7.87. The van der Waals surface area contributed by atoms with Gasteiger partial charge < -0.3 is 9.64 Å². The number of carbonyl (C=O) groups excluding carboxylic acids is 1. The van der Waals surface area contributed by atoms with Gasteiger partial charge in [0.15, 0.2) is 0 Å². The smallest absolute Gasteiger partial charge is 0.253 e. The van der Waals surface area contributed by atoms with Gasteiger partial charge in [-0.25, -0.2) is 0 Å². The van der Waals surface area contributed by atoms with E-state index in [1.54, 1.807) is 19.2 Å². The highest BCUT2D eigenvalue weighted by Crippen LogP contribution is 2.37. The van der Waals surface area contributed by atoms with Crippen molar-refractivity contribution < 1.29 is 9.53 Å². The molecule has 1 aliphatic heterocycles. The molecule has 1 amide bonds. The van der Waals surface area contributed by atoms with Crippen LogP contribution in [0.2, 0.25) is 10.0 Å². The Bertz CT molecular complexity index is 1520. The molecule has 7 heteroatoms. The SMILES string of the molecule is COc1ccc(Cn2nc(-c3cccc(Cl)c3)cc2/C=C2\CCN(C(=O)c3cccc(Cl)c3)CC2(C)C)cc1. The molecule has 0 unspecified atom stereocenters. The molecule has 0 atom stereocenters. The molecule has 0 bridgehead atoms. The van der Waals surface area contributed by atoms with Gasteiger partial charge in [-0.15, -0.1) is 0 Å². The summed E-state index contributed by atoms with van der Waals surface area (Å²) in [6, 6.07) is 25.1. The largest absolute Gasteiger partial charge is 0.497 e. The maximum Gasteiger partial charge on any atom is 0.253 e. The number of likely N-dealkylation sites (tertiary alicyclic amines) is 1. The standard InChI is InChI=1S/C32H31Cl2N3O2/c1-32(2)21-36(31(38)24-7-5-9-27(34)17-24)15-14-25(32)18-28-19-30(23-6-4-8-26(33)16-23)35-37(28)20-22-10-12-29(39-3)13-11-22/h4-13,16-19H,14-15,20-21H2,1-3H3/b25-18+. The second kappa shape index (κ2) is 11.3. The minimum Gasteiger partial charge on any atom is -0.497 e. The molecule has 2 heterocycles. The lowest BCUT2D eigenvalue weighted by Gasteiger charge is -2.40. The van der Waals surface area contributed by atoms with Gasteiger partial charge in [0.1, 0.15) is 5.75 Å². The number of nitrogens with zero attached hydrogens (tertiary/aromatic N) is 3. The Hall–Kier alpha value is -3.54. The Morgan fingerprint density at radius 1 is 1.00 bits per heavy atom. The minimum absolute atomic E-state index is 0.0115. The second-order valence-corrected chi connectivity index (χ2v) is 11.4. The lowest BCUT2D eigenvalue weighted by Crippen LogP contribution is -2.44. The van der Waals surface area contributed by atoms with Gasteiger partial charge >= 0.3 is 0 Å². The number of rotatable bonds is 6. The summed E-state index contributed by atoms with van der Waals surface area (Å²) in [5.74, 6) is 0.833. The molecule has 5 nitrogen and oxygen atoms in total. The fourth-order valence-electron chi connectivity index (χ4n) is 5.04. The molecule has 0 radical (unpaired) electrons. The number of piperidine rings is 1. The van der Waals surface area contributed by atoms with E-state index in [1.165, 1.54) is 5.57 Å². The summed E-state index contributed by atoms with van der Waals surface area (Å²) < 4.78 is 7.35. The molecule has 1 saturated heterocycles. The number of amides is 1. The molecular formula is C32H31Cl2N3O2. The lowest BCUT2D eigenvalue weighted by atomic mass is 9.78. The lowest BCUT2D eigenvalue weighted by molar-refractivity contribution is 0.0664. The van der Waals surface area contributed by atoms with Crippen LogP contribution in [0.3, 0.4) is 0 Å². The average Bonchev–Trinajstić information content (AvgIpc) is 3.32. The van der Waals surface area contributed by atoms with Crippen molar-refractivity contribution in [3.05, 3.63) is 111 Å². The number of hydrogen-bond donors (Lipinski definition) is 0. The predicted molar refractivity (Wildman–Crippen MR) is 158 cm³/mol. The van der Waals surface area contributed by atoms with Crippen LogP contribution in [0.4, 0.5) is 0 Å². The van der Waals surface area contributed by atoms with E-state index in [9.17, 15) is 4.79 Å². The van der Waals surface area contributed by atoms with Crippen molar-refractivity contribution in [2.75, 3.05) is 20.2 Å². The molecule has 1 aliphatic rings. The Balaban J connectivity index is 1.45. The van der Waals surface area contributed by atoms with Gasteiger partial charge in [0, 0.05) is 39.7 Å². The van der Waals surface area contributed by atoms with Crippen LogP contribution in [0, 0.1) is 5.41 Å². The van der Waals surface area contributed by atoms with Gasteiger partial charge in [-0.05, 0) is 66.6 Å². The van der Waals surface area contributed by atoms with Crippen LogP contribution in [-0.2, 0) is 6.54 Å². The number of ether oxygens (including phenoxy) is 1. The zero-order chi connectivity index (χ0) is 27.6. The minimum atomic E-state index is -0.210. The number of hydrogen-bond acceptors (Lipinski definition) is 3. The van der Waals surface area contributed by atoms with E-state index in [0.717, 1.165) is 34.7 Å². The molecule has 0 saturated carbocycles. The molecule has 200 valence electrons. The normalized spacial score (nSPS) is 15.9. The maximum absolute atomic E-state index is 13.2. The van der Waals surface area contributed by atoms with E-state index in [0.29, 0.717) is 35.2 Å². The Labute approximate surface area is 239 Å². The molecule has 5 rings (SSSR count). The molecule has 1 aromatic heterocycles. The Morgan fingerprint density at radius 2 is 1.72 bits per heavy atom. The van der Waals surface area contributed by atoms with E-state index in [1.807, 2.05) is 58.1 Å². The molecule has 39 heavy (non-hydrogen) atoms. The number of benzene rings is 3. The summed E-state index contributed by atoms with van der Waals surface area (Å²) in [6.07, 6.45) is 3.02. The van der Waals surface area contributed by atoms with E-state index in [4.69, 9.17) is 33.0 Å². The number of methoxy groups -OCH3 is 1. The highest BCUT2D eigenvalue weighted by atomic mass is 35.5. The van der Waals surface area contributed by atoms with E-state index >= 15 is 0 Å². The van der Waals surface area contributed by atoms with Crippen molar-refractivity contribution in [1.29, 1.82) is 0 Å². The fourth-order valence-corrected chi connectivity index (χ4v) is 5.42. The summed E-state index contributed by atoms with van der Waals surface area (Å²) in [5.41, 5.74) is 5.66. The van der Waals surface area contributed by atoms with Gasteiger partial charge in [0.05, 0.1) is 25.0 Å². The van der Waals surface area contributed by atoms with Crippen LogP contribution in [0.15, 0.2) is 84.4 Å². The van der Waals surface area contributed by atoms with Crippen LogP contribution in [0.25, 0.3) is 17.3 Å². The molecular weight excluding hydrogens is 529 g/mol. The second-order valence-electron chi connectivity index (χ2n) is 10.5. The van der Waals surface area contributed by atoms with Crippen LogP contribution in [-0.4, -0.2) is 40.8 Å². The van der Waals surface area contributed by atoms with Crippen LogP contribution in [0.5, 0.6) is 5.75 Å². The van der Waals surface area contributed by atoms with Gasteiger partial charge in [0.2, 0.25) is 0 Å². The summed E-state index contributed by atoms with van der Waals surface area (Å²) in [5, 5.41) is 6.21. The highest BCUT2D eigenvalue weighted by molar-refractivity contribution is 6.31. The zero-order valence-corrected chi connectivity index (χ0v) is 23.8. The monoisotopic (exact) mass is 559 g/mol. The van der Waals surface area contributed by atoms with Crippen LogP contribution < -0.4 is 4.74 Å². The first-order valence-corrected chi connectivity index (χ1v) is 13.7. The molecule has 3 aromatic carbocycles.